The second-order valence-corrected chi connectivity index (χ2v) is 5.60. The maximum absolute atomic E-state index is 12.4. The highest BCUT2D eigenvalue weighted by molar-refractivity contribution is 5.68. The topological polar surface area (TPSA) is 101 Å². The van der Waals surface area contributed by atoms with Crippen LogP contribution < -0.4 is 11.2 Å². The standard InChI is InChI=1S/C14H21N5O4/c1-9(23-10(2)20)7-5-6-8-19-13(21)11-12(15-16-18(11)4)17(3)14(19)22/h9H,5-8H2,1-4H3. The van der Waals surface area contributed by atoms with Gasteiger partial charge in [-0.1, -0.05) is 5.21 Å². The Kier molecular flexibility index (Phi) is 4.97. The summed E-state index contributed by atoms with van der Waals surface area (Å²) >= 11 is 0. The van der Waals surface area contributed by atoms with E-state index in [9.17, 15) is 14.4 Å². The molecule has 0 aliphatic rings. The Hall–Kier alpha value is -2.45. The second kappa shape index (κ2) is 6.76. The van der Waals surface area contributed by atoms with E-state index in [0.717, 1.165) is 6.42 Å². The molecule has 0 aliphatic carbocycles. The molecular weight excluding hydrogens is 302 g/mol. The van der Waals surface area contributed by atoms with Crippen molar-refractivity contribution >= 4 is 17.1 Å². The van der Waals surface area contributed by atoms with Crippen molar-refractivity contribution in [2.45, 2.75) is 45.8 Å². The van der Waals surface area contributed by atoms with Gasteiger partial charge in [-0.3, -0.25) is 18.7 Å². The molecule has 1 atom stereocenters. The van der Waals surface area contributed by atoms with Crippen LogP contribution in [0.2, 0.25) is 0 Å². The minimum absolute atomic E-state index is 0.171. The summed E-state index contributed by atoms with van der Waals surface area (Å²) < 4.78 is 8.93. The van der Waals surface area contributed by atoms with Crippen LogP contribution in [0.4, 0.5) is 0 Å². The Morgan fingerprint density at radius 2 is 1.96 bits per heavy atom. The van der Waals surface area contributed by atoms with Crippen molar-refractivity contribution in [3.8, 4) is 0 Å². The van der Waals surface area contributed by atoms with Crippen LogP contribution >= 0.6 is 0 Å². The van der Waals surface area contributed by atoms with Gasteiger partial charge in [0.15, 0.2) is 11.2 Å². The van der Waals surface area contributed by atoms with Crippen molar-refractivity contribution in [1.29, 1.82) is 0 Å². The van der Waals surface area contributed by atoms with Gasteiger partial charge >= 0.3 is 11.7 Å². The predicted molar refractivity (Wildman–Crippen MR) is 83.1 cm³/mol. The summed E-state index contributed by atoms with van der Waals surface area (Å²) in [4.78, 5) is 35.5. The summed E-state index contributed by atoms with van der Waals surface area (Å²) in [6.07, 6.45) is 1.89. The van der Waals surface area contributed by atoms with Crippen LogP contribution in [0.25, 0.3) is 11.2 Å². The summed E-state index contributed by atoms with van der Waals surface area (Å²) in [6.45, 7) is 3.50. The fourth-order valence-electron chi connectivity index (χ4n) is 2.53. The van der Waals surface area contributed by atoms with Crippen molar-refractivity contribution in [3.05, 3.63) is 20.8 Å². The van der Waals surface area contributed by atoms with Gasteiger partial charge in [-0.2, -0.15) is 0 Å². The number of hydrogen-bond acceptors (Lipinski definition) is 6. The molecule has 0 radical (unpaired) electrons. The molecule has 2 aromatic rings. The van der Waals surface area contributed by atoms with Gasteiger partial charge in [0.2, 0.25) is 0 Å². The third-order valence-corrected chi connectivity index (χ3v) is 3.70. The van der Waals surface area contributed by atoms with E-state index in [0.29, 0.717) is 24.9 Å². The van der Waals surface area contributed by atoms with E-state index in [1.807, 2.05) is 6.92 Å². The quantitative estimate of drug-likeness (QED) is 0.546. The zero-order valence-electron chi connectivity index (χ0n) is 13.8. The Morgan fingerprint density at radius 1 is 1.26 bits per heavy atom. The number of carbonyl (C=O) groups is 1. The van der Waals surface area contributed by atoms with E-state index in [2.05, 4.69) is 10.3 Å². The van der Waals surface area contributed by atoms with Gasteiger partial charge in [-0.05, 0) is 26.2 Å². The largest absolute Gasteiger partial charge is 0.463 e. The average molecular weight is 323 g/mol. The lowest BCUT2D eigenvalue weighted by molar-refractivity contribution is -0.145. The summed E-state index contributed by atoms with van der Waals surface area (Å²) in [7, 11) is 3.18. The fraction of sp³-hybridized carbons (Fsp3) is 0.643. The first-order chi connectivity index (χ1) is 10.8. The normalized spacial score (nSPS) is 12.5. The van der Waals surface area contributed by atoms with E-state index in [4.69, 9.17) is 4.74 Å². The first-order valence-corrected chi connectivity index (χ1v) is 7.49. The van der Waals surface area contributed by atoms with Gasteiger partial charge < -0.3 is 4.74 Å². The Bertz CT molecular complexity index is 832. The van der Waals surface area contributed by atoms with Gasteiger partial charge in [0, 0.05) is 27.6 Å². The maximum Gasteiger partial charge on any atom is 0.332 e. The van der Waals surface area contributed by atoms with Crippen LogP contribution in [0.3, 0.4) is 0 Å². The van der Waals surface area contributed by atoms with Crippen molar-refractivity contribution < 1.29 is 9.53 Å². The zero-order valence-corrected chi connectivity index (χ0v) is 13.8. The first-order valence-electron chi connectivity index (χ1n) is 7.49. The van der Waals surface area contributed by atoms with Gasteiger partial charge in [-0.25, -0.2) is 9.48 Å². The molecule has 0 amide bonds. The van der Waals surface area contributed by atoms with Gasteiger partial charge in [0.25, 0.3) is 5.56 Å². The number of nitrogens with zero attached hydrogens (tertiary/aromatic N) is 5. The Balaban J connectivity index is 2.12. The molecule has 126 valence electrons. The van der Waals surface area contributed by atoms with E-state index < -0.39 is 5.69 Å². The summed E-state index contributed by atoms with van der Waals surface area (Å²) in [6, 6.07) is 0. The molecule has 2 heterocycles. The van der Waals surface area contributed by atoms with Crippen LogP contribution in [0.15, 0.2) is 9.59 Å². The van der Waals surface area contributed by atoms with Crippen LogP contribution in [-0.4, -0.2) is 36.2 Å². The second-order valence-electron chi connectivity index (χ2n) is 5.60. The molecular formula is C14H21N5O4. The number of aryl methyl sites for hydroxylation is 2. The lowest BCUT2D eigenvalue weighted by atomic mass is 10.2. The number of esters is 1. The van der Waals surface area contributed by atoms with Crippen molar-refractivity contribution in [3.63, 3.8) is 0 Å². The van der Waals surface area contributed by atoms with Crippen molar-refractivity contribution in [2.75, 3.05) is 0 Å². The molecule has 2 aromatic heterocycles. The lowest BCUT2D eigenvalue weighted by Crippen LogP contribution is -2.39. The smallest absolute Gasteiger partial charge is 0.332 e. The molecule has 0 fully saturated rings. The van der Waals surface area contributed by atoms with Crippen molar-refractivity contribution in [2.24, 2.45) is 14.1 Å². The SMILES string of the molecule is CC(=O)OC(C)CCCCn1c(=O)c2c(nnn2C)n(C)c1=O. The monoisotopic (exact) mass is 323 g/mol. The summed E-state index contributed by atoms with van der Waals surface area (Å²) in [5.41, 5.74) is -0.206. The van der Waals surface area contributed by atoms with Crippen LogP contribution in [0, 0.1) is 0 Å². The molecule has 2 rings (SSSR count). The van der Waals surface area contributed by atoms with Crippen molar-refractivity contribution in [1.82, 2.24) is 24.1 Å². The molecule has 9 nitrogen and oxygen atoms in total. The average Bonchev–Trinajstić information content (AvgIpc) is 2.85. The lowest BCUT2D eigenvalue weighted by Gasteiger charge is -2.12. The predicted octanol–water partition coefficient (Wildman–Crippen LogP) is -0.0494. The zero-order chi connectivity index (χ0) is 17.1. The number of hydrogen-bond donors (Lipinski definition) is 0. The summed E-state index contributed by atoms with van der Waals surface area (Å²) in [5, 5.41) is 7.63. The summed E-state index contributed by atoms with van der Waals surface area (Å²) in [5.74, 6) is -0.309. The molecule has 0 aliphatic heterocycles. The van der Waals surface area contributed by atoms with Gasteiger partial charge in [-0.15, -0.1) is 5.10 Å². The Morgan fingerprint density at radius 3 is 2.61 bits per heavy atom. The minimum Gasteiger partial charge on any atom is -0.463 e. The number of ether oxygens (including phenoxy) is 1. The molecule has 0 aromatic carbocycles. The number of unbranched alkanes of at least 4 members (excludes halogenated alkanes) is 1. The number of rotatable bonds is 6. The van der Waals surface area contributed by atoms with E-state index in [-0.39, 0.29) is 23.3 Å². The van der Waals surface area contributed by atoms with Gasteiger partial charge in [0.1, 0.15) is 0 Å². The molecule has 0 spiro atoms. The third-order valence-electron chi connectivity index (χ3n) is 3.70. The highest BCUT2D eigenvalue weighted by Gasteiger charge is 2.15. The minimum atomic E-state index is -0.406. The number of aromatic nitrogens is 5. The molecule has 23 heavy (non-hydrogen) atoms. The molecule has 1 unspecified atom stereocenters. The van der Waals surface area contributed by atoms with E-state index >= 15 is 0 Å². The maximum atomic E-state index is 12.4. The molecule has 0 bridgehead atoms. The highest BCUT2D eigenvalue weighted by atomic mass is 16.5. The van der Waals surface area contributed by atoms with Crippen LogP contribution in [0.5, 0.6) is 0 Å². The highest BCUT2D eigenvalue weighted by Crippen LogP contribution is 2.06. The fourth-order valence-corrected chi connectivity index (χ4v) is 2.53. The van der Waals surface area contributed by atoms with Crippen LogP contribution in [-0.2, 0) is 30.2 Å². The van der Waals surface area contributed by atoms with E-state index in [1.165, 1.54) is 20.7 Å². The van der Waals surface area contributed by atoms with Gasteiger partial charge in [0.05, 0.1) is 6.10 Å². The van der Waals surface area contributed by atoms with Crippen LogP contribution in [0.1, 0.15) is 33.1 Å². The number of carbonyl (C=O) groups excluding carboxylic acids is 1. The number of fused-ring (bicyclic) bond motifs is 1. The van der Waals surface area contributed by atoms with E-state index in [1.54, 1.807) is 14.1 Å². The molecule has 9 heteroatoms. The Labute approximate surface area is 132 Å². The molecule has 0 saturated heterocycles. The molecule has 0 saturated carbocycles. The third kappa shape index (κ3) is 3.49. The first kappa shape index (κ1) is 16.9. The molecule has 0 N–H and O–H groups in total.